The van der Waals surface area contributed by atoms with Crippen LogP contribution in [0.4, 0.5) is 17.1 Å². The number of nitrogens with zero attached hydrogens (tertiary/aromatic N) is 2. The van der Waals surface area contributed by atoms with E-state index in [1.54, 1.807) is 0 Å². The van der Waals surface area contributed by atoms with E-state index in [9.17, 15) is 0 Å². The molecule has 2 aliphatic rings. The number of anilines is 3. The minimum Gasteiger partial charge on any atom is -0.310 e. The van der Waals surface area contributed by atoms with Crippen LogP contribution in [0.2, 0.25) is 0 Å². The Balaban J connectivity index is 0.900. The molecule has 0 bridgehead atoms. The Morgan fingerprint density at radius 1 is 0.500 bits per heavy atom. The summed E-state index contributed by atoms with van der Waals surface area (Å²) >= 11 is 0. The van der Waals surface area contributed by atoms with Crippen molar-refractivity contribution in [3.05, 3.63) is 234 Å². The van der Waals surface area contributed by atoms with Crippen molar-refractivity contribution in [2.75, 3.05) is 4.90 Å². The van der Waals surface area contributed by atoms with Crippen molar-refractivity contribution < 1.29 is 0 Å². The molecule has 0 radical (unpaired) electrons. The highest BCUT2D eigenvalue weighted by Crippen LogP contribution is 2.53. The lowest BCUT2D eigenvalue weighted by Crippen LogP contribution is -2.16. The van der Waals surface area contributed by atoms with Crippen molar-refractivity contribution in [1.82, 2.24) is 4.40 Å². The van der Waals surface area contributed by atoms with E-state index in [0.29, 0.717) is 5.92 Å². The van der Waals surface area contributed by atoms with Crippen molar-refractivity contribution >= 4 is 60.7 Å². The smallest absolute Gasteiger partial charge is 0.0620 e. The first-order chi connectivity index (χ1) is 34.2. The van der Waals surface area contributed by atoms with Crippen molar-refractivity contribution in [3.63, 3.8) is 0 Å². The van der Waals surface area contributed by atoms with Crippen LogP contribution in [0.1, 0.15) is 69.7 Å². The fourth-order valence-corrected chi connectivity index (χ4v) is 12.3. The van der Waals surface area contributed by atoms with Crippen LogP contribution in [-0.4, -0.2) is 4.40 Å². The lowest BCUT2D eigenvalue weighted by molar-refractivity contribution is 0.660. The number of hydrogen-bond donors (Lipinski definition) is 0. The molecule has 0 fully saturated rings. The van der Waals surface area contributed by atoms with Crippen LogP contribution in [0.3, 0.4) is 0 Å². The first-order valence-electron chi connectivity index (χ1n) is 25.3. The van der Waals surface area contributed by atoms with Gasteiger partial charge in [0, 0.05) is 49.6 Å². The normalized spacial score (nSPS) is 15.1. The molecule has 70 heavy (non-hydrogen) atoms. The van der Waals surface area contributed by atoms with Crippen LogP contribution in [0.15, 0.2) is 212 Å². The molecule has 13 rings (SSSR count). The number of aryl methyl sites for hydroxylation is 1. The van der Waals surface area contributed by atoms with Crippen LogP contribution >= 0.6 is 0 Å². The SMILES string of the molecule is CCCc1ccc(-c2ccc(N(c3ccc(-c4ccccc4)cc3)c3ccc4c(c3)C(C)(C)c3cc(-c5cccc6c7cccc8c9ccccc9n(c56)c87)ccc3-4)cc2)cc1C1=C(C)CC(C)C=C1. The van der Waals surface area contributed by atoms with Gasteiger partial charge in [-0.3, -0.25) is 0 Å². The van der Waals surface area contributed by atoms with E-state index >= 15 is 0 Å². The van der Waals surface area contributed by atoms with E-state index in [4.69, 9.17) is 0 Å². The van der Waals surface area contributed by atoms with E-state index in [1.807, 2.05) is 0 Å². The van der Waals surface area contributed by atoms with Gasteiger partial charge in [-0.25, -0.2) is 0 Å². The fraction of sp³-hybridized carbons (Fsp3) is 0.147. The number of para-hydroxylation sites is 3. The summed E-state index contributed by atoms with van der Waals surface area (Å²) in [7, 11) is 0. The number of benzene rings is 9. The summed E-state index contributed by atoms with van der Waals surface area (Å²) in [5.74, 6) is 0.583. The molecule has 2 aliphatic carbocycles. The summed E-state index contributed by atoms with van der Waals surface area (Å²) in [6.45, 7) is 11.7. The molecule has 9 aromatic carbocycles. The van der Waals surface area contributed by atoms with E-state index in [1.165, 1.54) is 116 Å². The van der Waals surface area contributed by atoms with Gasteiger partial charge in [0.1, 0.15) is 0 Å². The largest absolute Gasteiger partial charge is 0.310 e. The van der Waals surface area contributed by atoms with Gasteiger partial charge in [-0.05, 0) is 147 Å². The molecule has 2 heterocycles. The summed E-state index contributed by atoms with van der Waals surface area (Å²) in [6.07, 6.45) is 8.08. The predicted octanol–water partition coefficient (Wildman–Crippen LogP) is 18.9. The van der Waals surface area contributed by atoms with Crippen molar-refractivity contribution in [3.8, 4) is 44.5 Å². The average Bonchev–Trinajstić information content (AvgIpc) is 4.00. The second kappa shape index (κ2) is 16.4. The van der Waals surface area contributed by atoms with E-state index in [0.717, 1.165) is 36.3 Å². The highest BCUT2D eigenvalue weighted by atomic mass is 15.1. The lowest BCUT2D eigenvalue weighted by atomic mass is 9.81. The second-order valence-electron chi connectivity index (χ2n) is 20.5. The Morgan fingerprint density at radius 3 is 1.80 bits per heavy atom. The van der Waals surface area contributed by atoms with Gasteiger partial charge in [0.05, 0.1) is 16.6 Å². The van der Waals surface area contributed by atoms with Crippen LogP contribution in [0.5, 0.6) is 0 Å². The minimum absolute atomic E-state index is 0.237. The first-order valence-corrected chi connectivity index (χ1v) is 25.3. The third-order valence-electron chi connectivity index (χ3n) is 15.8. The highest BCUT2D eigenvalue weighted by Gasteiger charge is 2.37. The van der Waals surface area contributed by atoms with Crippen LogP contribution in [0, 0.1) is 5.92 Å². The topological polar surface area (TPSA) is 7.65 Å². The summed E-state index contributed by atoms with van der Waals surface area (Å²) in [6, 6.07) is 73.0. The summed E-state index contributed by atoms with van der Waals surface area (Å²) < 4.78 is 2.52. The zero-order chi connectivity index (χ0) is 47.3. The van der Waals surface area contributed by atoms with Crippen LogP contribution in [-0.2, 0) is 11.8 Å². The number of fused-ring (bicyclic) bond motifs is 9. The molecule has 11 aromatic rings. The van der Waals surface area contributed by atoms with Gasteiger partial charge in [-0.2, -0.15) is 0 Å². The molecule has 1 unspecified atom stereocenters. The molecule has 0 aliphatic heterocycles. The van der Waals surface area contributed by atoms with E-state index < -0.39 is 0 Å². The number of allylic oxidation sites excluding steroid dienone is 4. The Kier molecular flexibility index (Phi) is 9.85. The first kappa shape index (κ1) is 42.2. The molecule has 2 heteroatoms. The van der Waals surface area contributed by atoms with Gasteiger partial charge in [0.15, 0.2) is 0 Å². The molecule has 2 nitrogen and oxygen atoms in total. The van der Waals surface area contributed by atoms with Crippen molar-refractivity contribution in [2.45, 2.75) is 59.3 Å². The average molecular weight is 901 g/mol. The molecule has 0 saturated heterocycles. The number of hydrogen-bond acceptors (Lipinski definition) is 1. The summed E-state index contributed by atoms with van der Waals surface area (Å²) in [5.41, 5.74) is 25.5. The maximum atomic E-state index is 2.52. The predicted molar refractivity (Wildman–Crippen MR) is 299 cm³/mol. The third kappa shape index (κ3) is 6.61. The van der Waals surface area contributed by atoms with Gasteiger partial charge >= 0.3 is 0 Å². The molecule has 1 atom stereocenters. The summed E-state index contributed by atoms with van der Waals surface area (Å²) in [4.78, 5) is 2.44. The zero-order valence-corrected chi connectivity index (χ0v) is 40.7. The van der Waals surface area contributed by atoms with Gasteiger partial charge in [0.25, 0.3) is 0 Å². The maximum Gasteiger partial charge on any atom is 0.0620 e. The molecule has 0 saturated carbocycles. The molecule has 0 N–H and O–H groups in total. The second-order valence-corrected chi connectivity index (χ2v) is 20.5. The molecular formula is C68H56N2. The highest BCUT2D eigenvalue weighted by molar-refractivity contribution is 6.25. The molecule has 0 spiro atoms. The Labute approximate surface area is 411 Å². The lowest BCUT2D eigenvalue weighted by Gasteiger charge is -2.28. The van der Waals surface area contributed by atoms with Crippen LogP contribution < -0.4 is 4.90 Å². The standard InChI is InChI=1S/C68H56N2/c1-6-14-48-24-25-49(40-62(48)54-36-23-43(2)39-44(54)3)47-28-33-52(34-29-47)69(51-31-26-46(27-32-51)45-15-8-7-9-16-45)53-35-38-57-56-37-30-50(41-63(56)68(4,5)64(57)42-53)55-18-12-20-60-61-21-13-19-59-58-17-10-11-22-65(58)70(66(55)60)67(59)61/h7-13,15-38,40-43H,6,14,39H2,1-5H3. The van der Waals surface area contributed by atoms with E-state index in [2.05, 4.69) is 250 Å². The van der Waals surface area contributed by atoms with Gasteiger partial charge in [0.2, 0.25) is 0 Å². The quantitative estimate of drug-likeness (QED) is 0.140. The number of rotatable bonds is 9. The summed E-state index contributed by atoms with van der Waals surface area (Å²) in [5, 5.41) is 5.23. The van der Waals surface area contributed by atoms with Gasteiger partial charge in [-0.15, -0.1) is 0 Å². The van der Waals surface area contributed by atoms with E-state index in [-0.39, 0.29) is 5.41 Å². The molecule has 338 valence electrons. The zero-order valence-electron chi connectivity index (χ0n) is 40.7. The maximum absolute atomic E-state index is 2.52. The van der Waals surface area contributed by atoms with Gasteiger partial charge < -0.3 is 9.30 Å². The molecule has 0 amide bonds. The Hall–Kier alpha value is -7.94. The van der Waals surface area contributed by atoms with Gasteiger partial charge in [-0.1, -0.05) is 191 Å². The fourth-order valence-electron chi connectivity index (χ4n) is 12.3. The van der Waals surface area contributed by atoms with Crippen molar-refractivity contribution in [1.29, 1.82) is 0 Å². The number of aromatic nitrogens is 1. The molecular weight excluding hydrogens is 845 g/mol. The molecule has 2 aromatic heterocycles. The Bertz CT molecular complexity index is 3900. The van der Waals surface area contributed by atoms with Crippen LogP contribution in [0.25, 0.3) is 88.2 Å². The Morgan fingerprint density at radius 2 is 1.07 bits per heavy atom. The monoisotopic (exact) mass is 900 g/mol. The third-order valence-corrected chi connectivity index (χ3v) is 15.8. The van der Waals surface area contributed by atoms with Crippen molar-refractivity contribution in [2.24, 2.45) is 5.92 Å². The minimum atomic E-state index is -0.237.